The van der Waals surface area contributed by atoms with E-state index in [4.69, 9.17) is 9.15 Å². The van der Waals surface area contributed by atoms with Crippen molar-refractivity contribution in [3.05, 3.63) is 75.5 Å². The first-order valence-corrected chi connectivity index (χ1v) is 7.39. The molecular weight excluding hydrogens is 326 g/mol. The Morgan fingerprint density at radius 3 is 2.64 bits per heavy atom. The SMILES string of the molecule is Cc1ccc(C(=O)OCC(=O)c2cc3ccccc3o2)cc1[N+](=O)[O-]. The van der Waals surface area contributed by atoms with E-state index in [9.17, 15) is 19.7 Å². The van der Waals surface area contributed by atoms with Crippen molar-refractivity contribution in [3.8, 4) is 0 Å². The first kappa shape index (κ1) is 16.4. The van der Waals surface area contributed by atoms with Gasteiger partial charge in [-0.3, -0.25) is 14.9 Å². The van der Waals surface area contributed by atoms with Crippen molar-refractivity contribution in [1.29, 1.82) is 0 Å². The Hall–Kier alpha value is -3.48. The van der Waals surface area contributed by atoms with Crippen LogP contribution in [0.5, 0.6) is 0 Å². The summed E-state index contributed by atoms with van der Waals surface area (Å²) in [7, 11) is 0. The van der Waals surface area contributed by atoms with Crippen LogP contribution >= 0.6 is 0 Å². The van der Waals surface area contributed by atoms with E-state index < -0.39 is 23.3 Å². The van der Waals surface area contributed by atoms with E-state index in [-0.39, 0.29) is 17.0 Å². The summed E-state index contributed by atoms with van der Waals surface area (Å²) in [6.45, 7) is 1.05. The quantitative estimate of drug-likeness (QED) is 0.304. The topological polar surface area (TPSA) is 99.7 Å². The maximum Gasteiger partial charge on any atom is 0.338 e. The van der Waals surface area contributed by atoms with Crippen molar-refractivity contribution in [2.45, 2.75) is 6.92 Å². The summed E-state index contributed by atoms with van der Waals surface area (Å²) < 4.78 is 10.3. The van der Waals surface area contributed by atoms with E-state index in [1.807, 2.05) is 6.07 Å². The molecule has 7 heteroatoms. The number of carbonyl (C=O) groups excluding carboxylic acids is 2. The predicted molar refractivity (Wildman–Crippen MR) is 88.7 cm³/mol. The van der Waals surface area contributed by atoms with E-state index >= 15 is 0 Å². The van der Waals surface area contributed by atoms with Crippen molar-refractivity contribution in [1.82, 2.24) is 0 Å². The van der Waals surface area contributed by atoms with Crippen LogP contribution in [0, 0.1) is 17.0 Å². The van der Waals surface area contributed by atoms with Crippen LogP contribution in [0.2, 0.25) is 0 Å². The second-order valence-electron chi connectivity index (χ2n) is 5.41. The summed E-state index contributed by atoms with van der Waals surface area (Å²) in [6.07, 6.45) is 0. The molecule has 3 rings (SSSR count). The van der Waals surface area contributed by atoms with Crippen LogP contribution in [0.25, 0.3) is 11.0 Å². The fourth-order valence-corrected chi connectivity index (χ4v) is 2.34. The van der Waals surface area contributed by atoms with E-state index in [1.165, 1.54) is 12.1 Å². The summed E-state index contributed by atoms with van der Waals surface area (Å²) >= 11 is 0. The van der Waals surface area contributed by atoms with Crippen molar-refractivity contribution >= 4 is 28.4 Å². The molecule has 126 valence electrons. The molecule has 1 aromatic heterocycles. The van der Waals surface area contributed by atoms with Crippen LogP contribution < -0.4 is 0 Å². The number of ether oxygens (including phenoxy) is 1. The molecule has 0 bridgehead atoms. The molecule has 0 fully saturated rings. The number of hydrogen-bond donors (Lipinski definition) is 0. The number of ketones is 1. The summed E-state index contributed by atoms with van der Waals surface area (Å²) in [5.41, 5.74) is 0.819. The molecule has 25 heavy (non-hydrogen) atoms. The minimum atomic E-state index is -0.812. The fourth-order valence-electron chi connectivity index (χ4n) is 2.34. The fraction of sp³-hybridized carbons (Fsp3) is 0.111. The average molecular weight is 339 g/mol. The molecule has 2 aromatic carbocycles. The molecule has 0 unspecified atom stereocenters. The lowest BCUT2D eigenvalue weighted by Gasteiger charge is -2.04. The molecule has 3 aromatic rings. The summed E-state index contributed by atoms with van der Waals surface area (Å²) in [4.78, 5) is 34.5. The third kappa shape index (κ3) is 3.40. The molecule has 0 N–H and O–H groups in total. The molecule has 0 aliphatic rings. The summed E-state index contributed by atoms with van der Waals surface area (Å²) in [5.74, 6) is -1.22. The Morgan fingerprint density at radius 1 is 1.16 bits per heavy atom. The molecule has 0 saturated carbocycles. The minimum Gasteiger partial charge on any atom is -0.454 e. The first-order chi connectivity index (χ1) is 12.0. The van der Waals surface area contributed by atoms with Crippen LogP contribution in [0.1, 0.15) is 26.5 Å². The van der Waals surface area contributed by atoms with E-state index in [1.54, 1.807) is 31.2 Å². The van der Waals surface area contributed by atoms with Gasteiger partial charge in [0.15, 0.2) is 12.4 Å². The maximum absolute atomic E-state index is 12.1. The van der Waals surface area contributed by atoms with Gasteiger partial charge in [-0.2, -0.15) is 0 Å². The highest BCUT2D eigenvalue weighted by Gasteiger charge is 2.18. The lowest BCUT2D eigenvalue weighted by atomic mass is 10.1. The number of hydrogen-bond acceptors (Lipinski definition) is 6. The van der Waals surface area contributed by atoms with Crippen LogP contribution in [-0.2, 0) is 4.74 Å². The summed E-state index contributed by atoms with van der Waals surface area (Å²) in [6, 6.07) is 12.7. The Bertz CT molecular complexity index is 955. The van der Waals surface area contributed by atoms with E-state index in [0.717, 1.165) is 11.5 Å². The highest BCUT2D eigenvalue weighted by molar-refractivity contribution is 6.00. The number of nitro groups is 1. The molecule has 1 heterocycles. The van der Waals surface area contributed by atoms with Crippen molar-refractivity contribution < 1.29 is 23.7 Å². The largest absolute Gasteiger partial charge is 0.454 e. The number of nitrogens with zero attached hydrogens (tertiary/aromatic N) is 1. The van der Waals surface area contributed by atoms with Crippen molar-refractivity contribution in [2.24, 2.45) is 0 Å². The van der Waals surface area contributed by atoms with Gasteiger partial charge in [0, 0.05) is 17.0 Å². The van der Waals surface area contributed by atoms with E-state index in [0.29, 0.717) is 11.1 Å². The normalized spacial score (nSPS) is 10.6. The van der Waals surface area contributed by atoms with Gasteiger partial charge >= 0.3 is 5.97 Å². The van der Waals surface area contributed by atoms with Crippen LogP contribution in [0.4, 0.5) is 5.69 Å². The van der Waals surface area contributed by atoms with Gasteiger partial charge in [-0.25, -0.2) is 4.79 Å². The number of Topliss-reactive ketones (excluding diaryl/α,β-unsaturated/α-hetero) is 1. The van der Waals surface area contributed by atoms with Gasteiger partial charge in [-0.05, 0) is 25.1 Å². The number of benzene rings is 2. The molecule has 7 nitrogen and oxygen atoms in total. The Balaban J connectivity index is 1.70. The number of nitro benzene ring substituents is 1. The second kappa shape index (κ2) is 6.56. The van der Waals surface area contributed by atoms with Crippen molar-refractivity contribution in [2.75, 3.05) is 6.61 Å². The lowest BCUT2D eigenvalue weighted by Crippen LogP contribution is -2.14. The number of fused-ring (bicyclic) bond motifs is 1. The number of furan rings is 1. The highest BCUT2D eigenvalue weighted by Crippen LogP contribution is 2.21. The van der Waals surface area contributed by atoms with Crippen LogP contribution in [0.3, 0.4) is 0 Å². The zero-order chi connectivity index (χ0) is 18.0. The number of esters is 1. The number of carbonyl (C=O) groups is 2. The van der Waals surface area contributed by atoms with Gasteiger partial charge in [0.05, 0.1) is 10.5 Å². The van der Waals surface area contributed by atoms with Gasteiger partial charge in [0.25, 0.3) is 5.69 Å². The molecule has 0 aliphatic carbocycles. The van der Waals surface area contributed by atoms with Crippen LogP contribution in [0.15, 0.2) is 52.9 Å². The highest BCUT2D eigenvalue weighted by atomic mass is 16.6. The minimum absolute atomic E-state index is 0.00899. The Labute approximate surface area is 142 Å². The second-order valence-corrected chi connectivity index (χ2v) is 5.41. The average Bonchev–Trinajstić information content (AvgIpc) is 3.03. The smallest absolute Gasteiger partial charge is 0.338 e. The molecule has 0 spiro atoms. The number of para-hydroxylation sites is 1. The maximum atomic E-state index is 12.1. The predicted octanol–water partition coefficient (Wildman–Crippen LogP) is 3.69. The van der Waals surface area contributed by atoms with Gasteiger partial charge in [-0.1, -0.05) is 24.3 Å². The number of rotatable bonds is 5. The molecule has 0 aliphatic heterocycles. The molecule has 0 amide bonds. The van der Waals surface area contributed by atoms with Crippen molar-refractivity contribution in [3.63, 3.8) is 0 Å². The number of aryl methyl sites for hydroxylation is 1. The monoisotopic (exact) mass is 339 g/mol. The lowest BCUT2D eigenvalue weighted by molar-refractivity contribution is -0.385. The zero-order valence-corrected chi connectivity index (χ0v) is 13.2. The molecule has 0 saturated heterocycles. The molecule has 0 radical (unpaired) electrons. The Morgan fingerprint density at radius 2 is 1.92 bits per heavy atom. The van der Waals surface area contributed by atoms with E-state index in [2.05, 4.69) is 0 Å². The molecular formula is C18H13NO6. The van der Waals surface area contributed by atoms with Crippen LogP contribution in [-0.4, -0.2) is 23.3 Å². The standard InChI is InChI=1S/C18H13NO6/c1-11-6-7-13(8-14(11)19(22)23)18(21)24-10-15(20)17-9-12-4-2-3-5-16(12)25-17/h2-9H,10H2,1H3. The first-order valence-electron chi connectivity index (χ1n) is 7.39. The van der Waals surface area contributed by atoms with Gasteiger partial charge in [-0.15, -0.1) is 0 Å². The Kier molecular flexibility index (Phi) is 4.30. The zero-order valence-electron chi connectivity index (χ0n) is 13.2. The third-order valence-corrected chi connectivity index (χ3v) is 3.68. The third-order valence-electron chi connectivity index (χ3n) is 3.68. The van der Waals surface area contributed by atoms with Gasteiger partial charge in [0.1, 0.15) is 5.58 Å². The summed E-state index contributed by atoms with van der Waals surface area (Å²) in [5, 5.41) is 11.7. The van der Waals surface area contributed by atoms with Gasteiger partial charge in [0.2, 0.25) is 5.78 Å². The molecule has 0 atom stereocenters. The van der Waals surface area contributed by atoms with Gasteiger partial charge < -0.3 is 9.15 Å².